The summed E-state index contributed by atoms with van der Waals surface area (Å²) < 4.78 is 1.19. The molecule has 1 heterocycles. The summed E-state index contributed by atoms with van der Waals surface area (Å²) >= 11 is 8.66. The molecule has 1 aromatic carbocycles. The number of benzene rings is 1. The Morgan fingerprint density at radius 2 is 2.05 bits per heavy atom. The molecule has 0 spiro atoms. The largest absolute Gasteiger partial charge is 0.381 e. The summed E-state index contributed by atoms with van der Waals surface area (Å²) in [6.45, 7) is 1.19. The van der Waals surface area contributed by atoms with Crippen molar-refractivity contribution in [1.29, 1.82) is 0 Å². The number of piperidine rings is 1. The van der Waals surface area contributed by atoms with Crippen LogP contribution in [0.4, 0.5) is 5.69 Å². The average Bonchev–Trinajstić information content (AvgIpc) is 2.91. The highest BCUT2D eigenvalue weighted by atomic mass is 127. The molecule has 3 unspecified atom stereocenters. The van der Waals surface area contributed by atoms with Crippen LogP contribution >= 0.6 is 34.2 Å². The molecule has 2 nitrogen and oxygen atoms in total. The lowest BCUT2D eigenvalue weighted by Crippen LogP contribution is -2.44. The van der Waals surface area contributed by atoms with Gasteiger partial charge in [0.05, 0.1) is 10.7 Å². The second kappa shape index (κ2) is 6.84. The molecule has 2 N–H and O–H groups in total. The molecule has 2 fully saturated rings. The Balaban J connectivity index is 1.68. The molecular weight excluding hydrogens is 383 g/mol. The van der Waals surface area contributed by atoms with Crippen molar-refractivity contribution < 1.29 is 0 Å². The van der Waals surface area contributed by atoms with E-state index in [0.717, 1.165) is 16.6 Å². The summed E-state index contributed by atoms with van der Waals surface area (Å²) in [4.78, 5) is 0. The Morgan fingerprint density at radius 3 is 2.80 bits per heavy atom. The van der Waals surface area contributed by atoms with Gasteiger partial charge in [-0.1, -0.05) is 24.4 Å². The molecule has 1 saturated carbocycles. The van der Waals surface area contributed by atoms with Crippen LogP contribution in [-0.4, -0.2) is 18.6 Å². The molecule has 1 aliphatic carbocycles. The maximum absolute atomic E-state index is 6.36. The first-order valence-electron chi connectivity index (χ1n) is 7.69. The fourth-order valence-electron chi connectivity index (χ4n) is 3.70. The van der Waals surface area contributed by atoms with Gasteiger partial charge in [0.2, 0.25) is 0 Å². The maximum atomic E-state index is 6.36. The van der Waals surface area contributed by atoms with Crippen LogP contribution in [0.15, 0.2) is 18.2 Å². The van der Waals surface area contributed by atoms with Crippen molar-refractivity contribution in [3.8, 4) is 0 Å². The molecular formula is C16H22ClIN2. The van der Waals surface area contributed by atoms with Crippen molar-refractivity contribution >= 4 is 39.9 Å². The van der Waals surface area contributed by atoms with Gasteiger partial charge in [-0.05, 0) is 78.9 Å². The lowest BCUT2D eigenvalue weighted by molar-refractivity contribution is 0.286. The van der Waals surface area contributed by atoms with Gasteiger partial charge in [-0.2, -0.15) is 0 Å². The van der Waals surface area contributed by atoms with E-state index in [4.69, 9.17) is 11.6 Å². The second-order valence-electron chi connectivity index (χ2n) is 6.03. The summed E-state index contributed by atoms with van der Waals surface area (Å²) in [5, 5.41) is 8.28. The molecule has 1 aliphatic heterocycles. The molecule has 0 amide bonds. The van der Waals surface area contributed by atoms with Crippen LogP contribution in [0.2, 0.25) is 5.02 Å². The summed E-state index contributed by atoms with van der Waals surface area (Å²) in [5.74, 6) is 0.755. The maximum Gasteiger partial charge on any atom is 0.0648 e. The van der Waals surface area contributed by atoms with Crippen molar-refractivity contribution in [1.82, 2.24) is 5.32 Å². The van der Waals surface area contributed by atoms with Crippen molar-refractivity contribution in [3.63, 3.8) is 0 Å². The van der Waals surface area contributed by atoms with E-state index in [0.29, 0.717) is 12.1 Å². The Hall–Kier alpha value is -0.000000000000000132. The zero-order valence-corrected chi connectivity index (χ0v) is 14.6. The monoisotopic (exact) mass is 404 g/mol. The van der Waals surface area contributed by atoms with Gasteiger partial charge in [-0.3, -0.25) is 0 Å². The van der Waals surface area contributed by atoms with Crippen LogP contribution in [0.5, 0.6) is 0 Å². The number of nitrogens with one attached hydrogen (secondary N) is 2. The number of hydrogen-bond acceptors (Lipinski definition) is 2. The first kappa shape index (κ1) is 14.9. The van der Waals surface area contributed by atoms with Crippen molar-refractivity contribution in [3.05, 3.63) is 26.8 Å². The summed E-state index contributed by atoms with van der Waals surface area (Å²) in [6.07, 6.45) is 8.00. The first-order chi connectivity index (χ1) is 9.74. The molecule has 4 heteroatoms. The minimum atomic E-state index is 0.572. The SMILES string of the molecule is Clc1cc(I)ccc1NC1CCCC1C1CCCCN1. The van der Waals surface area contributed by atoms with Gasteiger partial charge in [-0.15, -0.1) is 0 Å². The fourth-order valence-corrected chi connectivity index (χ4v) is 4.61. The molecule has 0 bridgehead atoms. The number of rotatable bonds is 3. The number of halogens is 2. The van der Waals surface area contributed by atoms with Gasteiger partial charge >= 0.3 is 0 Å². The van der Waals surface area contributed by atoms with Crippen LogP contribution in [0.3, 0.4) is 0 Å². The van der Waals surface area contributed by atoms with Gasteiger partial charge in [0.1, 0.15) is 0 Å². The first-order valence-corrected chi connectivity index (χ1v) is 9.15. The zero-order valence-electron chi connectivity index (χ0n) is 11.7. The quantitative estimate of drug-likeness (QED) is 0.716. The highest BCUT2D eigenvalue weighted by Crippen LogP contribution is 2.35. The summed E-state index contributed by atoms with van der Waals surface area (Å²) in [6, 6.07) is 7.55. The summed E-state index contributed by atoms with van der Waals surface area (Å²) in [5.41, 5.74) is 1.10. The Morgan fingerprint density at radius 1 is 1.15 bits per heavy atom. The fraction of sp³-hybridized carbons (Fsp3) is 0.625. The Kier molecular flexibility index (Phi) is 5.10. The number of hydrogen-bond donors (Lipinski definition) is 2. The second-order valence-corrected chi connectivity index (χ2v) is 7.68. The predicted molar refractivity (Wildman–Crippen MR) is 94.6 cm³/mol. The molecule has 0 radical (unpaired) electrons. The standard InChI is InChI=1S/C16H22ClIN2/c17-13-10-11(18)7-8-16(13)20-15-6-3-4-12(15)14-5-1-2-9-19-14/h7-8,10,12,14-15,19-20H,1-6,9H2. The molecule has 3 atom stereocenters. The van der Waals surface area contributed by atoms with Crippen LogP contribution < -0.4 is 10.6 Å². The van der Waals surface area contributed by atoms with E-state index in [1.807, 2.05) is 6.07 Å². The van der Waals surface area contributed by atoms with Gasteiger partial charge in [0, 0.05) is 15.7 Å². The molecule has 1 aromatic rings. The normalized spacial score (nSPS) is 30.4. The van der Waals surface area contributed by atoms with E-state index < -0.39 is 0 Å². The van der Waals surface area contributed by atoms with Gasteiger partial charge in [0.15, 0.2) is 0 Å². The van der Waals surface area contributed by atoms with Crippen LogP contribution in [0.1, 0.15) is 38.5 Å². The Bertz CT molecular complexity index is 460. The van der Waals surface area contributed by atoms with E-state index in [1.54, 1.807) is 0 Å². The smallest absolute Gasteiger partial charge is 0.0648 e. The summed E-state index contributed by atoms with van der Waals surface area (Å²) in [7, 11) is 0. The predicted octanol–water partition coefficient (Wildman–Crippen LogP) is 4.67. The van der Waals surface area contributed by atoms with Crippen molar-refractivity contribution in [2.45, 2.75) is 50.6 Å². The highest BCUT2D eigenvalue weighted by Gasteiger charge is 2.34. The average molecular weight is 405 g/mol. The van der Waals surface area contributed by atoms with E-state index >= 15 is 0 Å². The lowest BCUT2D eigenvalue weighted by atomic mass is 9.88. The Labute approximate surface area is 140 Å². The third-order valence-corrected chi connectivity index (χ3v) is 5.69. The minimum Gasteiger partial charge on any atom is -0.381 e. The molecule has 0 aromatic heterocycles. The van der Waals surface area contributed by atoms with E-state index in [9.17, 15) is 0 Å². The third-order valence-electron chi connectivity index (χ3n) is 4.71. The highest BCUT2D eigenvalue weighted by molar-refractivity contribution is 14.1. The van der Waals surface area contributed by atoms with Gasteiger partial charge in [-0.25, -0.2) is 0 Å². The van der Waals surface area contributed by atoms with Crippen LogP contribution in [0, 0.1) is 9.49 Å². The molecule has 1 saturated heterocycles. The zero-order chi connectivity index (χ0) is 13.9. The topological polar surface area (TPSA) is 24.1 Å². The van der Waals surface area contributed by atoms with Gasteiger partial charge < -0.3 is 10.6 Å². The van der Waals surface area contributed by atoms with E-state index in [-0.39, 0.29) is 0 Å². The van der Waals surface area contributed by atoms with Crippen LogP contribution in [-0.2, 0) is 0 Å². The van der Waals surface area contributed by atoms with Crippen molar-refractivity contribution in [2.24, 2.45) is 5.92 Å². The lowest BCUT2D eigenvalue weighted by Gasteiger charge is -2.33. The third kappa shape index (κ3) is 3.42. The molecule has 20 heavy (non-hydrogen) atoms. The van der Waals surface area contributed by atoms with Crippen LogP contribution in [0.25, 0.3) is 0 Å². The molecule has 110 valence electrons. The molecule has 2 aliphatic rings. The van der Waals surface area contributed by atoms with Crippen molar-refractivity contribution in [2.75, 3.05) is 11.9 Å². The van der Waals surface area contributed by atoms with E-state index in [2.05, 4.69) is 45.4 Å². The molecule has 3 rings (SSSR count). The minimum absolute atomic E-state index is 0.572. The number of anilines is 1. The van der Waals surface area contributed by atoms with Gasteiger partial charge in [0.25, 0.3) is 0 Å². The van der Waals surface area contributed by atoms with E-state index in [1.165, 1.54) is 48.6 Å².